The molecule has 1 aromatic carbocycles. The van der Waals surface area contributed by atoms with E-state index in [4.69, 9.17) is 10.5 Å². The Morgan fingerprint density at radius 3 is 2.03 bits per heavy atom. The van der Waals surface area contributed by atoms with E-state index in [2.05, 4.69) is 21.9 Å². The Morgan fingerprint density at radius 2 is 1.45 bits per heavy atom. The maximum atomic E-state index is 11.7. The molecule has 5 nitrogen and oxygen atoms in total. The summed E-state index contributed by atoms with van der Waals surface area (Å²) in [4.78, 5) is 16.7. The van der Waals surface area contributed by atoms with Crippen LogP contribution >= 0.6 is 0 Å². The molecule has 5 heteroatoms. The molecule has 1 aromatic rings. The predicted molar refractivity (Wildman–Crippen MR) is 122 cm³/mol. The van der Waals surface area contributed by atoms with Crippen LogP contribution < -0.4 is 10.6 Å². The van der Waals surface area contributed by atoms with E-state index in [0.717, 1.165) is 44.7 Å². The monoisotopic (exact) mass is 403 g/mol. The van der Waals surface area contributed by atoms with Gasteiger partial charge in [-0.15, -0.1) is 0 Å². The van der Waals surface area contributed by atoms with Crippen LogP contribution in [0.1, 0.15) is 72.1 Å². The first-order valence-corrected chi connectivity index (χ1v) is 11.4. The molecule has 1 fully saturated rings. The fraction of sp³-hybridized carbons (Fsp3) is 0.708. The second-order valence-electron chi connectivity index (χ2n) is 9.23. The van der Waals surface area contributed by atoms with E-state index in [1.54, 1.807) is 0 Å². The number of benzene rings is 1. The van der Waals surface area contributed by atoms with Gasteiger partial charge in [-0.2, -0.15) is 0 Å². The van der Waals surface area contributed by atoms with Gasteiger partial charge < -0.3 is 15.4 Å². The van der Waals surface area contributed by atoms with Crippen molar-refractivity contribution < 1.29 is 9.53 Å². The Bertz CT molecular complexity index is 587. The minimum Gasteiger partial charge on any atom is -0.460 e. The van der Waals surface area contributed by atoms with E-state index < -0.39 is 0 Å². The summed E-state index contributed by atoms with van der Waals surface area (Å²) in [5.41, 5.74) is 7.53. The molecule has 0 radical (unpaired) electrons. The van der Waals surface area contributed by atoms with Crippen molar-refractivity contribution in [3.63, 3.8) is 0 Å². The smallest absolute Gasteiger partial charge is 0.306 e. The molecule has 0 bridgehead atoms. The van der Waals surface area contributed by atoms with Gasteiger partial charge in [0.1, 0.15) is 5.60 Å². The lowest BCUT2D eigenvalue weighted by Crippen LogP contribution is -2.46. The molecule has 0 atom stereocenters. The van der Waals surface area contributed by atoms with Crippen molar-refractivity contribution in [1.29, 1.82) is 0 Å². The zero-order valence-electron chi connectivity index (χ0n) is 18.8. The van der Waals surface area contributed by atoms with Gasteiger partial charge in [-0.05, 0) is 64.4 Å². The molecule has 2 N–H and O–H groups in total. The first kappa shape index (κ1) is 23.5. The molecule has 1 aliphatic heterocycles. The number of hydrogen-bond acceptors (Lipinski definition) is 5. The molecule has 1 saturated heterocycles. The van der Waals surface area contributed by atoms with E-state index in [9.17, 15) is 4.79 Å². The average Bonchev–Trinajstić information content (AvgIpc) is 2.66. The number of carbonyl (C=O) groups is 1. The van der Waals surface area contributed by atoms with E-state index in [-0.39, 0.29) is 11.6 Å². The highest BCUT2D eigenvalue weighted by molar-refractivity contribution is 5.69. The van der Waals surface area contributed by atoms with Gasteiger partial charge in [0.25, 0.3) is 0 Å². The second kappa shape index (κ2) is 12.1. The Balaban J connectivity index is 1.43. The van der Waals surface area contributed by atoms with Crippen LogP contribution in [0.25, 0.3) is 0 Å². The molecule has 0 unspecified atom stereocenters. The Hall–Kier alpha value is -1.75. The normalized spacial score (nSPS) is 15.5. The molecular weight excluding hydrogens is 362 g/mol. The van der Waals surface area contributed by atoms with Crippen LogP contribution in [0.4, 0.5) is 11.4 Å². The van der Waals surface area contributed by atoms with Crippen LogP contribution in [0.5, 0.6) is 0 Å². The van der Waals surface area contributed by atoms with Crippen molar-refractivity contribution >= 4 is 17.3 Å². The number of anilines is 2. The van der Waals surface area contributed by atoms with Gasteiger partial charge in [0, 0.05) is 44.0 Å². The molecule has 1 aliphatic rings. The number of rotatable bonds is 11. The zero-order chi connectivity index (χ0) is 21.1. The van der Waals surface area contributed by atoms with Crippen LogP contribution in [-0.2, 0) is 9.53 Å². The number of carbonyl (C=O) groups excluding carboxylic acids is 1. The third-order valence-corrected chi connectivity index (χ3v) is 5.41. The summed E-state index contributed by atoms with van der Waals surface area (Å²) < 4.78 is 5.34. The fourth-order valence-corrected chi connectivity index (χ4v) is 3.80. The Morgan fingerprint density at radius 1 is 0.897 bits per heavy atom. The topological polar surface area (TPSA) is 58.8 Å². The summed E-state index contributed by atoms with van der Waals surface area (Å²) >= 11 is 0. The largest absolute Gasteiger partial charge is 0.460 e. The van der Waals surface area contributed by atoms with Gasteiger partial charge in [0.05, 0.1) is 0 Å². The summed E-state index contributed by atoms with van der Waals surface area (Å²) in [6.07, 6.45) is 9.04. The number of unbranched alkanes of at least 4 members (excludes halogenated alkanes) is 6. The summed E-state index contributed by atoms with van der Waals surface area (Å²) in [7, 11) is 0. The van der Waals surface area contributed by atoms with Crippen molar-refractivity contribution in [2.45, 2.75) is 77.7 Å². The quantitative estimate of drug-likeness (QED) is 0.325. The van der Waals surface area contributed by atoms with Crippen molar-refractivity contribution in [2.24, 2.45) is 0 Å². The fourth-order valence-electron chi connectivity index (χ4n) is 3.80. The molecule has 0 aliphatic carbocycles. The lowest BCUT2D eigenvalue weighted by molar-refractivity contribution is -0.154. The minimum absolute atomic E-state index is 0.0611. The molecule has 0 saturated carbocycles. The SMILES string of the molecule is CC(C)(C)OC(=O)CCCCCCCCCN1CCN(c2ccc(N)cc2)CC1. The summed E-state index contributed by atoms with van der Waals surface area (Å²) in [6, 6.07) is 8.22. The minimum atomic E-state index is -0.361. The third-order valence-electron chi connectivity index (χ3n) is 5.41. The molecule has 2 rings (SSSR count). The number of esters is 1. The van der Waals surface area contributed by atoms with Crippen LogP contribution in [0.15, 0.2) is 24.3 Å². The summed E-state index contributed by atoms with van der Waals surface area (Å²) in [5, 5.41) is 0. The van der Waals surface area contributed by atoms with Gasteiger partial charge in [-0.1, -0.05) is 32.1 Å². The van der Waals surface area contributed by atoms with E-state index in [1.165, 1.54) is 44.3 Å². The highest BCUT2D eigenvalue weighted by Gasteiger charge is 2.17. The van der Waals surface area contributed by atoms with Gasteiger partial charge in [0.15, 0.2) is 0 Å². The van der Waals surface area contributed by atoms with Crippen LogP contribution in [0, 0.1) is 0 Å². The van der Waals surface area contributed by atoms with Gasteiger partial charge in [-0.25, -0.2) is 0 Å². The van der Waals surface area contributed by atoms with Crippen molar-refractivity contribution in [1.82, 2.24) is 4.90 Å². The lowest BCUT2D eigenvalue weighted by Gasteiger charge is -2.36. The van der Waals surface area contributed by atoms with Gasteiger partial charge in [-0.3, -0.25) is 9.69 Å². The van der Waals surface area contributed by atoms with Crippen LogP contribution in [-0.4, -0.2) is 49.2 Å². The maximum Gasteiger partial charge on any atom is 0.306 e. The van der Waals surface area contributed by atoms with Gasteiger partial charge in [0.2, 0.25) is 0 Å². The standard InChI is InChI=1S/C24H41N3O2/c1-24(2,3)29-23(28)11-9-7-5-4-6-8-10-16-26-17-19-27(20-18-26)22-14-12-21(25)13-15-22/h12-15H,4-11,16-20,25H2,1-3H3. The van der Waals surface area contributed by atoms with Crippen LogP contribution in [0.3, 0.4) is 0 Å². The number of piperazine rings is 1. The highest BCUT2D eigenvalue weighted by Crippen LogP contribution is 2.18. The van der Waals surface area contributed by atoms with E-state index in [1.807, 2.05) is 32.9 Å². The number of nitrogen functional groups attached to an aromatic ring is 1. The highest BCUT2D eigenvalue weighted by atomic mass is 16.6. The summed E-state index contributed by atoms with van der Waals surface area (Å²) in [6.45, 7) is 11.5. The number of nitrogens with zero attached hydrogens (tertiary/aromatic N) is 2. The molecular formula is C24H41N3O2. The van der Waals surface area contributed by atoms with E-state index in [0.29, 0.717) is 6.42 Å². The van der Waals surface area contributed by atoms with Crippen molar-refractivity contribution in [3.05, 3.63) is 24.3 Å². The van der Waals surface area contributed by atoms with Gasteiger partial charge >= 0.3 is 5.97 Å². The third kappa shape index (κ3) is 10.0. The average molecular weight is 404 g/mol. The summed E-state index contributed by atoms with van der Waals surface area (Å²) in [5.74, 6) is -0.0611. The Labute approximate surface area is 177 Å². The molecule has 164 valence electrons. The molecule has 1 heterocycles. The van der Waals surface area contributed by atoms with E-state index >= 15 is 0 Å². The first-order chi connectivity index (χ1) is 13.8. The molecule has 0 amide bonds. The second-order valence-corrected chi connectivity index (χ2v) is 9.23. The number of hydrogen-bond donors (Lipinski definition) is 1. The number of nitrogens with two attached hydrogens (primary N) is 1. The lowest BCUT2D eigenvalue weighted by atomic mass is 10.1. The van der Waals surface area contributed by atoms with Crippen molar-refractivity contribution in [3.8, 4) is 0 Å². The molecule has 29 heavy (non-hydrogen) atoms. The molecule has 0 aromatic heterocycles. The molecule has 0 spiro atoms. The van der Waals surface area contributed by atoms with Crippen molar-refractivity contribution in [2.75, 3.05) is 43.4 Å². The number of ether oxygens (including phenoxy) is 1. The zero-order valence-corrected chi connectivity index (χ0v) is 18.8. The van der Waals surface area contributed by atoms with Crippen LogP contribution in [0.2, 0.25) is 0 Å². The maximum absolute atomic E-state index is 11.7. The predicted octanol–water partition coefficient (Wildman–Crippen LogP) is 4.85. The Kier molecular flexibility index (Phi) is 9.79. The first-order valence-electron chi connectivity index (χ1n) is 11.4.